The number of aromatic nitrogens is 1. The molecule has 0 saturated carbocycles. The predicted octanol–water partition coefficient (Wildman–Crippen LogP) is 1.64. The van der Waals surface area contributed by atoms with Gasteiger partial charge in [0, 0.05) is 18.5 Å². The molecule has 0 radical (unpaired) electrons. The van der Waals surface area contributed by atoms with Gasteiger partial charge < -0.3 is 14.4 Å². The maximum atomic E-state index is 11.6. The predicted molar refractivity (Wildman–Crippen MR) is 67.3 cm³/mol. The highest BCUT2D eigenvalue weighted by molar-refractivity contribution is 5.96. The van der Waals surface area contributed by atoms with Gasteiger partial charge in [-0.1, -0.05) is 0 Å². The van der Waals surface area contributed by atoms with Gasteiger partial charge in [-0.05, 0) is 25.1 Å². The molecule has 0 saturated heterocycles. The maximum Gasteiger partial charge on any atom is 0.335 e. The molecule has 1 heterocycles. The van der Waals surface area contributed by atoms with Crippen LogP contribution in [0.4, 0.5) is 0 Å². The fraction of sp³-hybridized carbons (Fsp3) is 0.231. The molecule has 0 aliphatic heterocycles. The van der Waals surface area contributed by atoms with Crippen molar-refractivity contribution in [1.82, 2.24) is 4.57 Å². The van der Waals surface area contributed by atoms with Gasteiger partial charge in [0.25, 0.3) is 5.56 Å². The van der Waals surface area contributed by atoms with Gasteiger partial charge >= 0.3 is 5.97 Å². The molecule has 1 aromatic heterocycles. The van der Waals surface area contributed by atoms with Crippen LogP contribution < -0.4 is 10.3 Å². The second-order valence-corrected chi connectivity index (χ2v) is 3.88. The quantitative estimate of drug-likeness (QED) is 0.895. The molecule has 0 atom stereocenters. The van der Waals surface area contributed by atoms with E-state index >= 15 is 0 Å². The van der Waals surface area contributed by atoms with Gasteiger partial charge in [0.2, 0.25) is 0 Å². The summed E-state index contributed by atoms with van der Waals surface area (Å²) in [5.41, 5.74) is 0.588. The molecule has 0 unspecified atom stereocenters. The summed E-state index contributed by atoms with van der Waals surface area (Å²) in [6.45, 7) is 2.21. The lowest BCUT2D eigenvalue weighted by atomic mass is 10.1. The van der Waals surface area contributed by atoms with Crippen molar-refractivity contribution in [2.24, 2.45) is 7.05 Å². The van der Waals surface area contributed by atoms with E-state index in [9.17, 15) is 9.59 Å². The minimum absolute atomic E-state index is 0.143. The van der Waals surface area contributed by atoms with E-state index in [1.807, 2.05) is 0 Å². The highest BCUT2D eigenvalue weighted by Crippen LogP contribution is 2.26. The van der Waals surface area contributed by atoms with Gasteiger partial charge in [-0.3, -0.25) is 4.79 Å². The number of hydrogen-bond acceptors (Lipinski definition) is 3. The van der Waals surface area contributed by atoms with Crippen LogP contribution in [-0.4, -0.2) is 22.2 Å². The van der Waals surface area contributed by atoms with E-state index in [4.69, 9.17) is 9.84 Å². The molecule has 0 aliphatic carbocycles. The molecule has 0 spiro atoms. The smallest absolute Gasteiger partial charge is 0.335 e. The van der Waals surface area contributed by atoms with Crippen LogP contribution in [0, 0.1) is 0 Å². The molecule has 1 aromatic carbocycles. The number of carbonyl (C=O) groups is 1. The van der Waals surface area contributed by atoms with Crippen LogP contribution in [0.2, 0.25) is 0 Å². The first kappa shape index (κ1) is 12.2. The van der Waals surface area contributed by atoms with Crippen molar-refractivity contribution in [2.45, 2.75) is 6.92 Å². The minimum atomic E-state index is -1.02. The number of carboxylic acid groups (broad SMARTS) is 1. The van der Waals surface area contributed by atoms with E-state index in [2.05, 4.69) is 0 Å². The molecular weight excluding hydrogens is 234 g/mol. The topological polar surface area (TPSA) is 68.5 Å². The first-order valence-corrected chi connectivity index (χ1v) is 5.54. The number of nitrogens with zero attached hydrogens (tertiary/aromatic N) is 1. The number of carboxylic acids is 1. The van der Waals surface area contributed by atoms with E-state index in [1.165, 1.54) is 22.8 Å². The fourth-order valence-corrected chi connectivity index (χ4v) is 1.89. The Morgan fingerprint density at radius 2 is 2.11 bits per heavy atom. The lowest BCUT2D eigenvalue weighted by Gasteiger charge is -2.12. The van der Waals surface area contributed by atoms with Crippen LogP contribution >= 0.6 is 0 Å². The third kappa shape index (κ3) is 1.95. The molecule has 0 aliphatic rings. The average molecular weight is 247 g/mol. The summed E-state index contributed by atoms with van der Waals surface area (Å²) in [6, 6.07) is 5.98. The Morgan fingerprint density at radius 3 is 2.72 bits per heavy atom. The Labute approximate surface area is 103 Å². The number of pyridine rings is 1. The summed E-state index contributed by atoms with van der Waals surface area (Å²) in [5.74, 6) is -0.612. The zero-order valence-electron chi connectivity index (χ0n) is 10.1. The Balaban J connectivity index is 2.85. The molecule has 0 bridgehead atoms. The molecule has 94 valence electrons. The maximum absolute atomic E-state index is 11.6. The van der Waals surface area contributed by atoms with Crippen molar-refractivity contribution < 1.29 is 14.6 Å². The lowest BCUT2D eigenvalue weighted by Crippen LogP contribution is -2.16. The van der Waals surface area contributed by atoms with E-state index in [0.717, 1.165) is 0 Å². The van der Waals surface area contributed by atoms with Crippen molar-refractivity contribution >= 4 is 16.9 Å². The van der Waals surface area contributed by atoms with Crippen LogP contribution in [0.25, 0.3) is 10.9 Å². The van der Waals surface area contributed by atoms with Crippen molar-refractivity contribution in [1.29, 1.82) is 0 Å². The second-order valence-electron chi connectivity index (χ2n) is 3.88. The Hall–Kier alpha value is -2.30. The van der Waals surface area contributed by atoms with Crippen molar-refractivity contribution in [2.75, 3.05) is 6.61 Å². The highest BCUT2D eigenvalue weighted by Gasteiger charge is 2.12. The molecule has 0 fully saturated rings. The third-order valence-corrected chi connectivity index (χ3v) is 2.72. The van der Waals surface area contributed by atoms with E-state index in [-0.39, 0.29) is 11.1 Å². The molecular formula is C13H13NO4. The van der Waals surface area contributed by atoms with Gasteiger partial charge in [-0.15, -0.1) is 0 Å². The zero-order valence-corrected chi connectivity index (χ0v) is 10.1. The first-order valence-electron chi connectivity index (χ1n) is 5.54. The van der Waals surface area contributed by atoms with Crippen molar-refractivity contribution in [3.8, 4) is 5.75 Å². The Kier molecular flexibility index (Phi) is 3.06. The summed E-state index contributed by atoms with van der Waals surface area (Å²) in [4.78, 5) is 22.6. The summed E-state index contributed by atoms with van der Waals surface area (Å²) < 4.78 is 6.87. The van der Waals surface area contributed by atoms with Crippen LogP contribution in [-0.2, 0) is 7.05 Å². The zero-order chi connectivity index (χ0) is 13.3. The normalized spacial score (nSPS) is 10.6. The van der Waals surface area contributed by atoms with Gasteiger partial charge in [0.15, 0.2) is 0 Å². The number of benzene rings is 1. The Bertz CT molecular complexity index is 672. The number of aryl methyl sites for hydroxylation is 1. The Morgan fingerprint density at radius 1 is 1.39 bits per heavy atom. The third-order valence-electron chi connectivity index (χ3n) is 2.72. The van der Waals surface area contributed by atoms with Crippen LogP contribution in [0.5, 0.6) is 5.75 Å². The number of hydrogen-bond donors (Lipinski definition) is 1. The van der Waals surface area contributed by atoms with E-state index < -0.39 is 5.97 Å². The largest absolute Gasteiger partial charge is 0.492 e. The van der Waals surface area contributed by atoms with Crippen molar-refractivity contribution in [3.63, 3.8) is 0 Å². The summed E-state index contributed by atoms with van der Waals surface area (Å²) in [7, 11) is 1.63. The molecule has 1 N–H and O–H groups in total. The molecule has 5 nitrogen and oxygen atoms in total. The van der Waals surface area contributed by atoms with Gasteiger partial charge in [0.05, 0.1) is 17.7 Å². The van der Waals surface area contributed by atoms with Gasteiger partial charge in [-0.25, -0.2) is 4.79 Å². The number of rotatable bonds is 3. The van der Waals surface area contributed by atoms with Gasteiger partial charge in [-0.2, -0.15) is 0 Å². The van der Waals surface area contributed by atoms with Gasteiger partial charge in [0.1, 0.15) is 5.75 Å². The molecule has 0 amide bonds. The molecule has 5 heteroatoms. The van der Waals surface area contributed by atoms with Crippen LogP contribution in [0.3, 0.4) is 0 Å². The monoisotopic (exact) mass is 247 g/mol. The van der Waals surface area contributed by atoms with Crippen LogP contribution in [0.1, 0.15) is 17.3 Å². The summed E-state index contributed by atoms with van der Waals surface area (Å²) >= 11 is 0. The SMILES string of the molecule is CCOc1cc(C(=O)O)cc2ccc(=O)n(C)c12. The molecule has 2 rings (SSSR count). The van der Waals surface area contributed by atoms with E-state index in [1.54, 1.807) is 20.0 Å². The molecule has 18 heavy (non-hydrogen) atoms. The summed E-state index contributed by atoms with van der Waals surface area (Å²) in [6.07, 6.45) is 0. The van der Waals surface area contributed by atoms with Crippen molar-refractivity contribution in [3.05, 3.63) is 40.2 Å². The first-order chi connectivity index (χ1) is 8.54. The molecule has 2 aromatic rings. The standard InChI is InChI=1S/C13H13NO4/c1-3-18-10-7-9(13(16)17)6-8-4-5-11(15)14(2)12(8)10/h4-7H,3H2,1-2H3,(H,16,17). The summed E-state index contributed by atoms with van der Waals surface area (Å²) in [5, 5.41) is 9.70. The minimum Gasteiger partial charge on any atom is -0.492 e. The second kappa shape index (κ2) is 4.52. The number of ether oxygens (including phenoxy) is 1. The van der Waals surface area contributed by atoms with Crippen LogP contribution in [0.15, 0.2) is 29.1 Å². The van der Waals surface area contributed by atoms with E-state index in [0.29, 0.717) is 23.3 Å². The average Bonchev–Trinajstić information content (AvgIpc) is 2.33. The number of fused-ring (bicyclic) bond motifs is 1. The lowest BCUT2D eigenvalue weighted by molar-refractivity contribution is 0.0696. The highest BCUT2D eigenvalue weighted by atomic mass is 16.5. The fourth-order valence-electron chi connectivity index (χ4n) is 1.89. The number of aromatic carboxylic acids is 1.